The molecule has 0 bridgehead atoms. The second-order valence-corrected chi connectivity index (χ2v) is 11.3. The number of nitrogens with one attached hydrogen (secondary N) is 1. The molecule has 1 aromatic rings. The molecule has 3 unspecified atom stereocenters. The Bertz CT molecular complexity index is 1130. The smallest absolute Gasteiger partial charge is 0.387 e. The van der Waals surface area contributed by atoms with Gasteiger partial charge in [0, 0.05) is 6.20 Å². The third-order valence-corrected chi connectivity index (χ3v) is 8.17. The summed E-state index contributed by atoms with van der Waals surface area (Å²) in [4.78, 5) is 37.6. The molecule has 0 aromatic carbocycles. The number of hydrogen-bond donors (Lipinski definition) is 6. The van der Waals surface area contributed by atoms with Crippen LogP contribution in [0.25, 0.3) is 0 Å². The largest absolute Gasteiger partial charge is 0.490 e. The summed E-state index contributed by atoms with van der Waals surface area (Å²) in [7, 11) is -17.1. The van der Waals surface area contributed by atoms with Crippen molar-refractivity contribution in [2.75, 3.05) is 13.3 Å². The van der Waals surface area contributed by atoms with E-state index < -0.39 is 76.1 Å². The second-order valence-electron chi connectivity index (χ2n) is 6.06. The van der Waals surface area contributed by atoms with Gasteiger partial charge in [0.05, 0.1) is 6.61 Å². The number of phosphoric acid groups is 3. The Hall–Kier alpha value is -0.360. The Kier molecular flexibility index (Phi) is 8.46. The normalized spacial score (nSPS) is 30.1. The number of hydrogen-bond acceptors (Lipinski definition) is 10. The molecule has 14 nitrogen and oxygen atoms in total. The maximum atomic E-state index is 15.1. The van der Waals surface area contributed by atoms with Crippen LogP contribution in [0.5, 0.6) is 0 Å². The maximum Gasteiger partial charge on any atom is 0.490 e. The fourth-order valence-corrected chi connectivity index (χ4v) is 5.98. The highest BCUT2D eigenvalue weighted by Gasteiger charge is 2.59. The molecule has 32 heavy (non-hydrogen) atoms. The number of aromatic amines is 1. The standard InChI is InChI=1S/C10H14F3N2O12P3S2/c11-3-10(13)6(16)5(25-8(10)15-1-4(12)7(31)14-9(15)32)2-24-29(20,21)27-30(22,23)26-28(17,18)19/h1,5-6,8,16H,2-3H2,(H,20,21)(H,22,23)(H,14,31,32)(H2,17,18,19)/t5-,6+,8-,10?/m1/s1. The van der Waals surface area contributed by atoms with Gasteiger partial charge in [0.15, 0.2) is 16.8 Å². The first-order chi connectivity index (χ1) is 14.4. The molecule has 0 spiro atoms. The number of nitrogens with zero attached hydrogens (tertiary/aromatic N) is 1. The SMILES string of the molecule is O=P(O)(O)OP(=O)(O)OP(=O)(O)OC[C@H]1O[C@@H](n2cc(F)c(=S)[nH]c2=S)C(F)(CF)[C@H]1O. The molecule has 0 radical (unpaired) electrons. The van der Waals surface area contributed by atoms with E-state index in [4.69, 9.17) is 31.6 Å². The van der Waals surface area contributed by atoms with Crippen molar-refractivity contribution >= 4 is 47.9 Å². The number of ether oxygens (including phenoxy) is 1. The van der Waals surface area contributed by atoms with Crippen LogP contribution in [0.3, 0.4) is 0 Å². The molecule has 1 saturated heterocycles. The summed E-state index contributed by atoms with van der Waals surface area (Å²) >= 11 is 9.44. The van der Waals surface area contributed by atoms with Crippen molar-refractivity contribution in [3.05, 3.63) is 21.4 Å². The lowest BCUT2D eigenvalue weighted by Crippen LogP contribution is -2.45. The number of halogens is 3. The van der Waals surface area contributed by atoms with Crippen LogP contribution in [0.2, 0.25) is 0 Å². The molecule has 1 fully saturated rings. The number of alkyl halides is 2. The van der Waals surface area contributed by atoms with Gasteiger partial charge in [0.2, 0.25) is 5.67 Å². The van der Waals surface area contributed by atoms with Gasteiger partial charge >= 0.3 is 23.5 Å². The molecular formula is C10H14F3N2O12P3S2. The van der Waals surface area contributed by atoms with E-state index in [1.165, 1.54) is 0 Å². The monoisotopic (exact) mass is 568 g/mol. The molecule has 0 aliphatic carbocycles. The van der Waals surface area contributed by atoms with Crippen molar-refractivity contribution in [3.63, 3.8) is 0 Å². The van der Waals surface area contributed by atoms with Gasteiger partial charge in [-0.1, -0.05) is 12.2 Å². The first-order valence-electron chi connectivity index (χ1n) is 7.78. The zero-order valence-corrected chi connectivity index (χ0v) is 19.4. The van der Waals surface area contributed by atoms with E-state index in [2.05, 4.69) is 30.3 Å². The minimum absolute atomic E-state index is 0.433. The molecule has 1 aromatic heterocycles. The van der Waals surface area contributed by atoms with Crippen molar-refractivity contribution in [1.29, 1.82) is 0 Å². The Morgan fingerprint density at radius 1 is 1.19 bits per heavy atom. The quantitative estimate of drug-likeness (QED) is 0.185. The van der Waals surface area contributed by atoms with Gasteiger partial charge in [-0.25, -0.2) is 26.9 Å². The number of H-pyrrole nitrogens is 1. The summed E-state index contributed by atoms with van der Waals surface area (Å²) in [5, 5.41) is 10.1. The van der Waals surface area contributed by atoms with Crippen LogP contribution in [-0.2, 0) is 31.6 Å². The van der Waals surface area contributed by atoms with Gasteiger partial charge in [-0.05, 0) is 12.2 Å². The Balaban J connectivity index is 2.22. The van der Waals surface area contributed by atoms with E-state index >= 15 is 4.39 Å². The van der Waals surface area contributed by atoms with E-state index in [1.54, 1.807) is 0 Å². The average molecular weight is 568 g/mol. The summed E-state index contributed by atoms with van der Waals surface area (Å²) in [5.41, 5.74) is -3.27. The zero-order valence-electron chi connectivity index (χ0n) is 15.1. The van der Waals surface area contributed by atoms with Gasteiger partial charge in [-0.15, -0.1) is 0 Å². The third kappa shape index (κ3) is 6.61. The molecule has 22 heteroatoms. The van der Waals surface area contributed by atoms with Crippen LogP contribution in [-0.4, -0.2) is 65.4 Å². The van der Waals surface area contributed by atoms with E-state index in [1.807, 2.05) is 0 Å². The third-order valence-electron chi connectivity index (χ3n) is 3.76. The van der Waals surface area contributed by atoms with E-state index in [0.29, 0.717) is 10.8 Å². The molecule has 2 heterocycles. The molecular weight excluding hydrogens is 554 g/mol. The van der Waals surface area contributed by atoms with Crippen LogP contribution in [0.1, 0.15) is 6.23 Å². The summed E-state index contributed by atoms with van der Waals surface area (Å²) in [6.45, 7) is -3.19. The van der Waals surface area contributed by atoms with Crippen LogP contribution in [0, 0.1) is 15.2 Å². The molecule has 2 rings (SSSR count). The summed E-state index contributed by atoms with van der Waals surface area (Å²) < 4.78 is 91.9. The Morgan fingerprint density at radius 3 is 2.31 bits per heavy atom. The highest BCUT2D eigenvalue weighted by Crippen LogP contribution is 2.66. The van der Waals surface area contributed by atoms with Crippen molar-refractivity contribution in [2.45, 2.75) is 24.1 Å². The van der Waals surface area contributed by atoms with Gasteiger partial charge in [0.1, 0.15) is 23.5 Å². The lowest BCUT2D eigenvalue weighted by Gasteiger charge is -2.26. The van der Waals surface area contributed by atoms with Gasteiger partial charge in [-0.2, -0.15) is 8.62 Å². The minimum atomic E-state index is -5.83. The predicted molar refractivity (Wildman–Crippen MR) is 100.0 cm³/mol. The average Bonchev–Trinajstić information content (AvgIpc) is 2.85. The molecule has 0 saturated carbocycles. The van der Waals surface area contributed by atoms with Crippen molar-refractivity contribution in [3.8, 4) is 0 Å². The van der Waals surface area contributed by atoms with Crippen molar-refractivity contribution in [1.82, 2.24) is 9.55 Å². The number of aliphatic hydroxyl groups excluding tert-OH is 1. The summed E-state index contributed by atoms with van der Waals surface area (Å²) in [6, 6.07) is 0. The lowest BCUT2D eigenvalue weighted by molar-refractivity contribution is -0.0725. The highest BCUT2D eigenvalue weighted by molar-refractivity contribution is 7.72. The molecule has 1 aliphatic rings. The molecule has 6 atom stereocenters. The fraction of sp³-hybridized carbons (Fsp3) is 0.600. The second kappa shape index (κ2) is 9.71. The summed E-state index contributed by atoms with van der Waals surface area (Å²) in [5.74, 6) is -1.11. The molecule has 0 amide bonds. The number of rotatable bonds is 9. The van der Waals surface area contributed by atoms with E-state index in [-0.39, 0.29) is 0 Å². The van der Waals surface area contributed by atoms with Crippen LogP contribution in [0.15, 0.2) is 6.20 Å². The molecule has 6 N–H and O–H groups in total. The lowest BCUT2D eigenvalue weighted by atomic mass is 9.97. The van der Waals surface area contributed by atoms with E-state index in [9.17, 15) is 32.5 Å². The minimum Gasteiger partial charge on any atom is -0.387 e. The van der Waals surface area contributed by atoms with Crippen LogP contribution < -0.4 is 0 Å². The predicted octanol–water partition coefficient (Wildman–Crippen LogP) is 1.69. The summed E-state index contributed by atoms with van der Waals surface area (Å²) in [6.07, 6.45) is -5.91. The number of phosphoric ester groups is 1. The molecule has 1 aliphatic heterocycles. The van der Waals surface area contributed by atoms with Gasteiger partial charge in [-0.3, -0.25) is 9.09 Å². The van der Waals surface area contributed by atoms with Crippen molar-refractivity contribution in [2.24, 2.45) is 0 Å². The van der Waals surface area contributed by atoms with Crippen LogP contribution >= 0.6 is 47.9 Å². The Labute approximate surface area is 186 Å². The van der Waals surface area contributed by atoms with Crippen molar-refractivity contribution < 1.29 is 69.4 Å². The maximum absolute atomic E-state index is 15.1. The first-order valence-corrected chi connectivity index (χ1v) is 13.1. The fourth-order valence-electron chi connectivity index (χ4n) is 2.49. The Morgan fingerprint density at radius 2 is 1.78 bits per heavy atom. The highest BCUT2D eigenvalue weighted by atomic mass is 32.1. The first kappa shape index (κ1) is 27.9. The topological polar surface area (TPSA) is 210 Å². The van der Waals surface area contributed by atoms with Crippen LogP contribution in [0.4, 0.5) is 13.2 Å². The van der Waals surface area contributed by atoms with Gasteiger partial charge < -0.3 is 34.4 Å². The number of aliphatic hydroxyl groups is 1. The number of aromatic nitrogens is 2. The molecule has 184 valence electrons. The van der Waals surface area contributed by atoms with E-state index in [0.717, 1.165) is 0 Å². The zero-order chi connectivity index (χ0) is 24.7. The van der Waals surface area contributed by atoms with Gasteiger partial charge in [0.25, 0.3) is 0 Å².